The summed E-state index contributed by atoms with van der Waals surface area (Å²) in [5.41, 5.74) is 1.21. The number of aromatic nitrogens is 3. The zero-order chi connectivity index (χ0) is 13.8. The minimum atomic E-state index is -0.184. The van der Waals surface area contributed by atoms with Crippen molar-refractivity contribution in [3.05, 3.63) is 41.7 Å². The third-order valence-electron chi connectivity index (χ3n) is 2.52. The molecule has 0 atom stereocenters. The average molecular weight is 276 g/mol. The molecule has 1 heterocycles. The molecule has 0 bridgehead atoms. The van der Waals surface area contributed by atoms with Crippen molar-refractivity contribution >= 4 is 17.8 Å². The number of carbonyl (C=O) groups excluding carboxylic acids is 1. The van der Waals surface area contributed by atoms with Crippen molar-refractivity contribution in [2.24, 2.45) is 0 Å². The molecule has 0 spiro atoms. The standard InChI is InChI=1S/C13H16N4OS/c1-10-14-12(15-17(10)13(18)16(2)3)19-9-11-7-5-4-6-8-11/h4-8H,9H2,1-3H3. The summed E-state index contributed by atoms with van der Waals surface area (Å²) in [6.45, 7) is 1.78. The molecule has 1 amide bonds. The molecule has 2 aromatic rings. The molecule has 100 valence electrons. The SMILES string of the molecule is Cc1nc(SCc2ccccc2)nn1C(=O)N(C)C. The van der Waals surface area contributed by atoms with Crippen LogP contribution in [-0.4, -0.2) is 39.8 Å². The van der Waals surface area contributed by atoms with Crippen LogP contribution in [0.1, 0.15) is 11.4 Å². The van der Waals surface area contributed by atoms with E-state index in [9.17, 15) is 4.79 Å². The molecular formula is C13H16N4OS. The van der Waals surface area contributed by atoms with Crippen LogP contribution >= 0.6 is 11.8 Å². The third kappa shape index (κ3) is 3.35. The van der Waals surface area contributed by atoms with E-state index in [4.69, 9.17) is 0 Å². The highest BCUT2D eigenvalue weighted by atomic mass is 32.2. The van der Waals surface area contributed by atoms with Crippen LogP contribution in [0.5, 0.6) is 0 Å². The van der Waals surface area contributed by atoms with Crippen LogP contribution in [0, 0.1) is 6.92 Å². The van der Waals surface area contributed by atoms with Crippen LogP contribution in [-0.2, 0) is 5.75 Å². The Bertz CT molecular complexity index is 565. The van der Waals surface area contributed by atoms with Crippen molar-refractivity contribution < 1.29 is 4.79 Å². The minimum absolute atomic E-state index is 0.184. The van der Waals surface area contributed by atoms with Crippen LogP contribution in [0.15, 0.2) is 35.5 Å². The number of hydrogen-bond acceptors (Lipinski definition) is 4. The Kier molecular flexibility index (Phi) is 4.21. The minimum Gasteiger partial charge on any atom is -0.329 e. The quantitative estimate of drug-likeness (QED) is 0.808. The summed E-state index contributed by atoms with van der Waals surface area (Å²) >= 11 is 1.52. The van der Waals surface area contributed by atoms with E-state index in [1.807, 2.05) is 18.2 Å². The van der Waals surface area contributed by atoms with E-state index >= 15 is 0 Å². The number of amides is 1. The monoisotopic (exact) mass is 276 g/mol. The number of hydrogen-bond donors (Lipinski definition) is 0. The lowest BCUT2D eigenvalue weighted by atomic mass is 10.2. The van der Waals surface area contributed by atoms with Crippen molar-refractivity contribution in [3.8, 4) is 0 Å². The van der Waals surface area contributed by atoms with E-state index in [1.165, 1.54) is 26.9 Å². The number of aryl methyl sites for hydroxylation is 1. The Morgan fingerprint density at radius 2 is 2.00 bits per heavy atom. The Morgan fingerprint density at radius 1 is 1.32 bits per heavy atom. The van der Waals surface area contributed by atoms with E-state index in [0.29, 0.717) is 11.0 Å². The summed E-state index contributed by atoms with van der Waals surface area (Å²) < 4.78 is 1.33. The largest absolute Gasteiger partial charge is 0.345 e. The number of nitrogens with zero attached hydrogens (tertiary/aromatic N) is 4. The predicted molar refractivity (Wildman–Crippen MR) is 75.2 cm³/mol. The zero-order valence-electron chi connectivity index (χ0n) is 11.2. The van der Waals surface area contributed by atoms with Crippen LogP contribution < -0.4 is 0 Å². The van der Waals surface area contributed by atoms with Gasteiger partial charge in [0.15, 0.2) is 0 Å². The van der Waals surface area contributed by atoms with Gasteiger partial charge in [0.25, 0.3) is 0 Å². The summed E-state index contributed by atoms with van der Waals surface area (Å²) in [7, 11) is 3.39. The number of thioether (sulfide) groups is 1. The molecule has 5 nitrogen and oxygen atoms in total. The summed E-state index contributed by atoms with van der Waals surface area (Å²) in [5.74, 6) is 1.40. The molecule has 0 aliphatic heterocycles. The van der Waals surface area contributed by atoms with Crippen LogP contribution in [0.2, 0.25) is 0 Å². The number of benzene rings is 1. The van der Waals surface area contributed by atoms with Gasteiger partial charge in [-0.05, 0) is 12.5 Å². The van der Waals surface area contributed by atoms with E-state index in [0.717, 1.165) is 5.75 Å². The van der Waals surface area contributed by atoms with Gasteiger partial charge >= 0.3 is 6.03 Å². The summed E-state index contributed by atoms with van der Waals surface area (Å²) in [6.07, 6.45) is 0. The van der Waals surface area contributed by atoms with E-state index in [1.54, 1.807) is 21.0 Å². The topological polar surface area (TPSA) is 51.0 Å². The lowest BCUT2D eigenvalue weighted by Gasteiger charge is -2.09. The maximum Gasteiger partial charge on any atom is 0.345 e. The number of carbonyl (C=O) groups is 1. The highest BCUT2D eigenvalue weighted by Gasteiger charge is 2.14. The number of rotatable bonds is 3. The molecule has 0 aliphatic rings. The first-order chi connectivity index (χ1) is 9.08. The highest BCUT2D eigenvalue weighted by Crippen LogP contribution is 2.19. The van der Waals surface area contributed by atoms with Gasteiger partial charge in [-0.1, -0.05) is 42.1 Å². The van der Waals surface area contributed by atoms with Crippen molar-refractivity contribution in [2.75, 3.05) is 14.1 Å². The van der Waals surface area contributed by atoms with Crippen LogP contribution in [0.25, 0.3) is 0 Å². The van der Waals surface area contributed by atoms with Gasteiger partial charge in [0.1, 0.15) is 5.82 Å². The van der Waals surface area contributed by atoms with Crippen molar-refractivity contribution in [3.63, 3.8) is 0 Å². The normalized spacial score (nSPS) is 10.5. The van der Waals surface area contributed by atoms with Gasteiger partial charge < -0.3 is 4.90 Å². The fourth-order valence-corrected chi connectivity index (χ4v) is 2.34. The van der Waals surface area contributed by atoms with Crippen LogP contribution in [0.4, 0.5) is 4.79 Å². The maximum absolute atomic E-state index is 11.8. The second kappa shape index (κ2) is 5.88. The molecule has 2 rings (SSSR count). The van der Waals surface area contributed by atoms with E-state index in [-0.39, 0.29) is 6.03 Å². The first-order valence-corrected chi connectivity index (χ1v) is 6.88. The van der Waals surface area contributed by atoms with Gasteiger partial charge in [-0.3, -0.25) is 0 Å². The maximum atomic E-state index is 11.8. The van der Waals surface area contributed by atoms with Gasteiger partial charge in [0.05, 0.1) is 0 Å². The molecule has 0 fully saturated rings. The molecule has 0 unspecified atom stereocenters. The Labute approximate surface area is 116 Å². The predicted octanol–water partition coefficient (Wildman–Crippen LogP) is 2.41. The fraction of sp³-hybridized carbons (Fsp3) is 0.308. The average Bonchev–Trinajstić information content (AvgIpc) is 2.78. The van der Waals surface area contributed by atoms with Gasteiger partial charge in [0.2, 0.25) is 5.16 Å². The first-order valence-electron chi connectivity index (χ1n) is 5.90. The highest BCUT2D eigenvalue weighted by molar-refractivity contribution is 7.98. The van der Waals surface area contributed by atoms with Crippen molar-refractivity contribution in [1.82, 2.24) is 19.7 Å². The second-order valence-electron chi connectivity index (χ2n) is 4.30. The van der Waals surface area contributed by atoms with E-state index in [2.05, 4.69) is 22.2 Å². The fourth-order valence-electron chi connectivity index (χ4n) is 1.52. The van der Waals surface area contributed by atoms with Crippen LogP contribution in [0.3, 0.4) is 0 Å². The molecular weight excluding hydrogens is 260 g/mol. The van der Waals surface area contributed by atoms with Gasteiger partial charge in [-0.2, -0.15) is 4.68 Å². The molecule has 0 N–H and O–H groups in total. The van der Waals surface area contributed by atoms with Gasteiger partial charge in [-0.15, -0.1) is 5.10 Å². The first kappa shape index (κ1) is 13.6. The Hall–Kier alpha value is -1.82. The molecule has 6 heteroatoms. The lowest BCUT2D eigenvalue weighted by Crippen LogP contribution is -2.29. The molecule has 1 aromatic heterocycles. The van der Waals surface area contributed by atoms with Gasteiger partial charge in [-0.25, -0.2) is 9.78 Å². The third-order valence-corrected chi connectivity index (χ3v) is 3.43. The Morgan fingerprint density at radius 3 is 2.63 bits per heavy atom. The molecule has 19 heavy (non-hydrogen) atoms. The van der Waals surface area contributed by atoms with E-state index < -0.39 is 0 Å². The summed E-state index contributed by atoms with van der Waals surface area (Å²) in [6, 6.07) is 9.92. The molecule has 0 saturated carbocycles. The second-order valence-corrected chi connectivity index (χ2v) is 5.25. The smallest absolute Gasteiger partial charge is 0.329 e. The van der Waals surface area contributed by atoms with Crippen molar-refractivity contribution in [1.29, 1.82) is 0 Å². The summed E-state index contributed by atoms with van der Waals surface area (Å²) in [5, 5.41) is 4.85. The molecule has 0 aliphatic carbocycles. The summed E-state index contributed by atoms with van der Waals surface area (Å²) in [4.78, 5) is 17.6. The molecule has 1 aromatic carbocycles. The zero-order valence-corrected chi connectivity index (χ0v) is 12.0. The molecule has 0 radical (unpaired) electrons. The lowest BCUT2D eigenvalue weighted by molar-refractivity contribution is 0.215. The van der Waals surface area contributed by atoms with Gasteiger partial charge in [0, 0.05) is 19.8 Å². The Balaban J connectivity index is 2.06. The van der Waals surface area contributed by atoms with Crippen molar-refractivity contribution in [2.45, 2.75) is 17.8 Å². The molecule has 0 saturated heterocycles.